The first-order valence-electron chi connectivity index (χ1n) is 8.48. The number of rotatable bonds is 1. The Hall–Kier alpha value is -1.56. The summed E-state index contributed by atoms with van der Waals surface area (Å²) in [6.07, 6.45) is 3.04. The summed E-state index contributed by atoms with van der Waals surface area (Å²) in [7, 11) is 0. The summed E-state index contributed by atoms with van der Waals surface area (Å²) in [5.41, 5.74) is 1.44. The molecule has 4 rings (SSSR count). The van der Waals surface area contributed by atoms with Gasteiger partial charge in [0.25, 0.3) is 0 Å². The van der Waals surface area contributed by atoms with Gasteiger partial charge in [-0.3, -0.25) is 4.90 Å². The molecule has 1 aromatic heterocycles. The van der Waals surface area contributed by atoms with Crippen LogP contribution in [0.5, 0.6) is 0 Å². The van der Waals surface area contributed by atoms with Gasteiger partial charge < -0.3 is 9.72 Å². The number of hydrogen-bond donors (Lipinski definition) is 1. The lowest BCUT2D eigenvalue weighted by molar-refractivity contribution is 0.00623. The van der Waals surface area contributed by atoms with Crippen LogP contribution in [-0.4, -0.2) is 32.6 Å². The number of ether oxygens (including phenoxy) is 1. The molecule has 1 amide bonds. The zero-order chi connectivity index (χ0) is 17.1. The smallest absolute Gasteiger partial charge is 0.411 e. The van der Waals surface area contributed by atoms with E-state index in [2.05, 4.69) is 20.9 Å². The third-order valence-corrected chi connectivity index (χ3v) is 5.43. The fraction of sp³-hybridized carbons (Fsp3) is 0.556. The van der Waals surface area contributed by atoms with Crippen LogP contribution in [-0.2, 0) is 4.74 Å². The van der Waals surface area contributed by atoms with Gasteiger partial charge in [0.1, 0.15) is 11.4 Å². The number of imidazole rings is 1. The average molecular weight is 392 g/mol. The Balaban J connectivity index is 1.69. The minimum absolute atomic E-state index is 0.00947. The average Bonchev–Trinajstić information content (AvgIpc) is 3.17. The van der Waals surface area contributed by atoms with Crippen molar-refractivity contribution in [2.45, 2.75) is 57.7 Å². The van der Waals surface area contributed by atoms with Gasteiger partial charge in [0.15, 0.2) is 0 Å². The zero-order valence-corrected chi connectivity index (χ0v) is 15.8. The van der Waals surface area contributed by atoms with Crippen molar-refractivity contribution in [3.05, 3.63) is 28.5 Å². The van der Waals surface area contributed by atoms with Gasteiger partial charge in [0.05, 0.1) is 17.1 Å². The lowest BCUT2D eigenvalue weighted by atomic mass is 9.98. The summed E-state index contributed by atoms with van der Waals surface area (Å²) >= 11 is 3.49. The van der Waals surface area contributed by atoms with Gasteiger partial charge in [-0.25, -0.2) is 9.78 Å². The number of nitrogens with one attached hydrogen (secondary N) is 1. The molecule has 5 nitrogen and oxygen atoms in total. The van der Waals surface area contributed by atoms with Crippen LogP contribution in [0.3, 0.4) is 0 Å². The standard InChI is InChI=1S/C18H22BrN3O2/c1-18(2,3)24-17(23)22-12-6-4-10(8-12)15(22)16-20-13-7-5-11(19)9-14(13)21-16/h5,7,9-10,12,15H,4,6,8H2,1-3H3,(H,20,21). The van der Waals surface area contributed by atoms with E-state index in [-0.39, 0.29) is 18.2 Å². The SMILES string of the molecule is CC(C)(C)OC(=O)N1C2CCC(C2)C1c1nc2ccc(Br)cc2[nH]1. The van der Waals surface area contributed by atoms with E-state index in [1.54, 1.807) is 0 Å². The zero-order valence-electron chi connectivity index (χ0n) is 14.2. The number of fused-ring (bicyclic) bond motifs is 3. The highest BCUT2D eigenvalue weighted by molar-refractivity contribution is 9.10. The first-order chi connectivity index (χ1) is 11.3. The molecule has 0 spiro atoms. The maximum Gasteiger partial charge on any atom is 0.411 e. The van der Waals surface area contributed by atoms with Gasteiger partial charge in [-0.2, -0.15) is 0 Å². The molecule has 1 aliphatic carbocycles. The number of halogens is 1. The molecule has 3 unspecified atom stereocenters. The van der Waals surface area contributed by atoms with E-state index in [0.717, 1.165) is 40.6 Å². The van der Waals surface area contributed by atoms with Crippen LogP contribution in [0.15, 0.2) is 22.7 Å². The number of hydrogen-bond acceptors (Lipinski definition) is 3. The number of amides is 1. The Morgan fingerprint density at radius 2 is 2.17 bits per heavy atom. The number of aromatic nitrogens is 2. The number of H-pyrrole nitrogens is 1. The van der Waals surface area contributed by atoms with Crippen LogP contribution in [0.1, 0.15) is 51.9 Å². The molecule has 24 heavy (non-hydrogen) atoms. The van der Waals surface area contributed by atoms with Crippen LogP contribution in [0.4, 0.5) is 4.79 Å². The van der Waals surface area contributed by atoms with Gasteiger partial charge in [-0.1, -0.05) is 15.9 Å². The summed E-state index contributed by atoms with van der Waals surface area (Å²) in [4.78, 5) is 22.9. The molecule has 2 bridgehead atoms. The molecule has 0 radical (unpaired) electrons. The first-order valence-corrected chi connectivity index (χ1v) is 9.27. The molecule has 1 aromatic carbocycles. The molecule has 1 saturated heterocycles. The molecule has 128 valence electrons. The van der Waals surface area contributed by atoms with Crippen molar-refractivity contribution < 1.29 is 9.53 Å². The molecular formula is C18H22BrN3O2. The molecule has 2 heterocycles. The van der Waals surface area contributed by atoms with Crippen LogP contribution in [0, 0.1) is 5.92 Å². The second kappa shape index (κ2) is 5.48. The van der Waals surface area contributed by atoms with Gasteiger partial charge in [0, 0.05) is 10.5 Å². The van der Waals surface area contributed by atoms with Crippen molar-refractivity contribution in [3.63, 3.8) is 0 Å². The van der Waals surface area contributed by atoms with Crippen LogP contribution in [0.25, 0.3) is 11.0 Å². The van der Waals surface area contributed by atoms with Crippen molar-refractivity contribution in [3.8, 4) is 0 Å². The summed E-state index contributed by atoms with van der Waals surface area (Å²) in [6, 6.07) is 6.26. The second-order valence-corrected chi connectivity index (χ2v) is 8.76. The van der Waals surface area contributed by atoms with E-state index in [1.807, 2.05) is 43.9 Å². The van der Waals surface area contributed by atoms with Crippen molar-refractivity contribution in [1.29, 1.82) is 0 Å². The molecule has 1 aliphatic heterocycles. The Bertz CT molecular complexity index is 795. The highest BCUT2D eigenvalue weighted by atomic mass is 79.9. The fourth-order valence-electron chi connectivity index (χ4n) is 4.06. The minimum Gasteiger partial charge on any atom is -0.444 e. The second-order valence-electron chi connectivity index (χ2n) is 7.84. The normalized spacial score (nSPS) is 26.3. The number of carbonyl (C=O) groups is 1. The predicted octanol–water partition coefficient (Wildman–Crippen LogP) is 4.79. The third kappa shape index (κ3) is 2.70. The van der Waals surface area contributed by atoms with Crippen LogP contribution in [0.2, 0.25) is 0 Å². The van der Waals surface area contributed by atoms with Gasteiger partial charge in [-0.05, 0) is 64.2 Å². The molecule has 2 aliphatic rings. The number of benzene rings is 1. The van der Waals surface area contributed by atoms with Crippen molar-refractivity contribution in [2.24, 2.45) is 5.92 Å². The van der Waals surface area contributed by atoms with Gasteiger partial charge in [0.2, 0.25) is 0 Å². The van der Waals surface area contributed by atoms with Gasteiger partial charge >= 0.3 is 6.09 Å². The van der Waals surface area contributed by atoms with Crippen molar-refractivity contribution in [1.82, 2.24) is 14.9 Å². The van der Waals surface area contributed by atoms with Crippen LogP contribution >= 0.6 is 15.9 Å². The summed E-state index contributed by atoms with van der Waals surface area (Å²) in [5, 5.41) is 0. The van der Waals surface area contributed by atoms with E-state index in [0.29, 0.717) is 5.92 Å². The molecule has 2 fully saturated rings. The summed E-state index contributed by atoms with van der Waals surface area (Å²) in [6.45, 7) is 5.73. The molecule has 1 saturated carbocycles. The van der Waals surface area contributed by atoms with Crippen LogP contribution < -0.4 is 0 Å². The Morgan fingerprint density at radius 1 is 1.38 bits per heavy atom. The maximum absolute atomic E-state index is 12.8. The topological polar surface area (TPSA) is 58.2 Å². The highest BCUT2D eigenvalue weighted by Crippen LogP contribution is 2.50. The molecule has 2 aromatic rings. The fourth-order valence-corrected chi connectivity index (χ4v) is 4.42. The number of piperidine rings is 1. The minimum atomic E-state index is -0.484. The van der Waals surface area contributed by atoms with Gasteiger partial charge in [-0.15, -0.1) is 0 Å². The quantitative estimate of drug-likeness (QED) is 0.760. The molecule has 1 N–H and O–H groups in total. The largest absolute Gasteiger partial charge is 0.444 e. The van der Waals surface area contributed by atoms with Crippen molar-refractivity contribution >= 4 is 33.1 Å². The van der Waals surface area contributed by atoms with E-state index in [4.69, 9.17) is 9.72 Å². The monoisotopic (exact) mass is 391 g/mol. The highest BCUT2D eigenvalue weighted by Gasteiger charge is 2.51. The maximum atomic E-state index is 12.8. The predicted molar refractivity (Wildman–Crippen MR) is 95.7 cm³/mol. The molecule has 6 heteroatoms. The Kier molecular flexibility index (Phi) is 3.64. The number of aromatic amines is 1. The van der Waals surface area contributed by atoms with E-state index in [9.17, 15) is 4.79 Å². The van der Waals surface area contributed by atoms with E-state index < -0.39 is 5.60 Å². The van der Waals surface area contributed by atoms with E-state index in [1.165, 1.54) is 0 Å². The Morgan fingerprint density at radius 3 is 2.92 bits per heavy atom. The number of likely N-dealkylation sites (tertiary alicyclic amines) is 1. The Labute approximate surface area is 149 Å². The lowest BCUT2D eigenvalue weighted by Gasteiger charge is -2.35. The van der Waals surface area contributed by atoms with E-state index >= 15 is 0 Å². The lowest BCUT2D eigenvalue weighted by Crippen LogP contribution is -2.43. The number of nitrogens with zero attached hydrogens (tertiary/aromatic N) is 2. The summed E-state index contributed by atoms with van der Waals surface area (Å²) < 4.78 is 6.67. The number of carbonyl (C=O) groups excluding carboxylic acids is 1. The first kappa shape index (κ1) is 15.9. The molecular weight excluding hydrogens is 370 g/mol. The third-order valence-electron chi connectivity index (χ3n) is 4.93. The summed E-state index contributed by atoms with van der Waals surface area (Å²) in [5.74, 6) is 1.34. The van der Waals surface area contributed by atoms with Crippen molar-refractivity contribution in [2.75, 3.05) is 0 Å². The molecule has 3 atom stereocenters.